The van der Waals surface area contributed by atoms with Crippen molar-refractivity contribution in [3.05, 3.63) is 36.5 Å². The minimum Gasteiger partial charge on any atom is -0.493 e. The fraction of sp³-hybridized carbons (Fsp3) is 0.267. The van der Waals surface area contributed by atoms with Crippen LogP contribution < -0.4 is 20.1 Å². The van der Waals surface area contributed by atoms with E-state index in [-0.39, 0.29) is 0 Å². The molecular formula is C15H19N3O2. The molecule has 0 saturated carbocycles. The van der Waals surface area contributed by atoms with Crippen molar-refractivity contribution >= 4 is 17.2 Å². The van der Waals surface area contributed by atoms with Crippen LogP contribution in [-0.4, -0.2) is 25.7 Å². The molecule has 0 aliphatic rings. The van der Waals surface area contributed by atoms with Crippen LogP contribution in [0.25, 0.3) is 0 Å². The molecule has 0 unspecified atom stereocenters. The van der Waals surface area contributed by atoms with Crippen LogP contribution in [0.15, 0.2) is 36.5 Å². The Balaban J connectivity index is 2.19. The number of benzene rings is 1. The van der Waals surface area contributed by atoms with Crippen molar-refractivity contribution in [2.75, 3.05) is 31.4 Å². The van der Waals surface area contributed by atoms with E-state index >= 15 is 0 Å². The number of pyridine rings is 1. The van der Waals surface area contributed by atoms with Crippen molar-refractivity contribution in [3.63, 3.8) is 0 Å². The lowest BCUT2D eigenvalue weighted by atomic mass is 10.2. The summed E-state index contributed by atoms with van der Waals surface area (Å²) in [7, 11) is 3.24. The molecule has 0 radical (unpaired) electrons. The van der Waals surface area contributed by atoms with Gasteiger partial charge in [0.1, 0.15) is 5.82 Å². The normalized spacial score (nSPS) is 9.95. The van der Waals surface area contributed by atoms with Gasteiger partial charge in [-0.25, -0.2) is 4.98 Å². The van der Waals surface area contributed by atoms with Gasteiger partial charge in [-0.05, 0) is 25.1 Å². The van der Waals surface area contributed by atoms with Crippen molar-refractivity contribution in [2.45, 2.75) is 6.92 Å². The molecule has 20 heavy (non-hydrogen) atoms. The van der Waals surface area contributed by atoms with Crippen LogP contribution in [0.1, 0.15) is 6.92 Å². The smallest absolute Gasteiger partial charge is 0.162 e. The lowest BCUT2D eigenvalue weighted by Gasteiger charge is -2.12. The zero-order valence-electron chi connectivity index (χ0n) is 11.9. The summed E-state index contributed by atoms with van der Waals surface area (Å²) in [5, 5.41) is 6.49. The number of hydrogen-bond acceptors (Lipinski definition) is 5. The van der Waals surface area contributed by atoms with Gasteiger partial charge in [-0.15, -0.1) is 0 Å². The summed E-state index contributed by atoms with van der Waals surface area (Å²) in [6.45, 7) is 2.88. The van der Waals surface area contributed by atoms with E-state index < -0.39 is 0 Å². The van der Waals surface area contributed by atoms with Crippen LogP contribution >= 0.6 is 0 Å². The fourth-order valence-electron chi connectivity index (χ4n) is 1.87. The number of nitrogens with one attached hydrogen (secondary N) is 2. The van der Waals surface area contributed by atoms with E-state index in [4.69, 9.17) is 9.47 Å². The minimum atomic E-state index is 0.693. The molecule has 0 amide bonds. The number of nitrogens with zero attached hydrogens (tertiary/aromatic N) is 1. The summed E-state index contributed by atoms with van der Waals surface area (Å²) < 4.78 is 10.5. The molecule has 106 valence electrons. The second kappa shape index (κ2) is 6.65. The topological polar surface area (TPSA) is 55.4 Å². The maximum absolute atomic E-state index is 5.29. The van der Waals surface area contributed by atoms with Crippen LogP contribution in [0.3, 0.4) is 0 Å². The first-order valence-electron chi connectivity index (χ1n) is 6.45. The first-order valence-corrected chi connectivity index (χ1v) is 6.45. The Morgan fingerprint density at radius 3 is 2.45 bits per heavy atom. The second-order valence-electron chi connectivity index (χ2n) is 4.15. The minimum absolute atomic E-state index is 0.693. The summed E-state index contributed by atoms with van der Waals surface area (Å²) in [5.41, 5.74) is 1.89. The van der Waals surface area contributed by atoms with Gasteiger partial charge in [0.2, 0.25) is 0 Å². The summed E-state index contributed by atoms with van der Waals surface area (Å²) in [6.07, 6.45) is 1.76. The predicted octanol–water partition coefficient (Wildman–Crippen LogP) is 3.27. The molecule has 5 nitrogen and oxygen atoms in total. The average Bonchev–Trinajstić information content (AvgIpc) is 2.48. The highest BCUT2D eigenvalue weighted by atomic mass is 16.5. The number of anilines is 3. The first-order chi connectivity index (χ1) is 9.76. The van der Waals surface area contributed by atoms with Crippen molar-refractivity contribution in [1.82, 2.24) is 4.98 Å². The molecule has 2 aromatic rings. The zero-order valence-corrected chi connectivity index (χ0v) is 11.9. The van der Waals surface area contributed by atoms with E-state index in [1.165, 1.54) is 0 Å². The Hall–Kier alpha value is -2.43. The third-order valence-corrected chi connectivity index (χ3v) is 2.79. The maximum atomic E-state index is 5.29. The average molecular weight is 273 g/mol. The molecule has 1 heterocycles. The van der Waals surface area contributed by atoms with Crippen molar-refractivity contribution in [1.29, 1.82) is 0 Å². The molecule has 1 aromatic carbocycles. The summed E-state index contributed by atoms with van der Waals surface area (Å²) in [4.78, 5) is 4.24. The molecule has 0 spiro atoms. The number of rotatable bonds is 6. The monoisotopic (exact) mass is 273 g/mol. The molecule has 0 saturated heterocycles. The number of methoxy groups -OCH3 is 2. The van der Waals surface area contributed by atoms with Crippen molar-refractivity contribution < 1.29 is 9.47 Å². The van der Waals surface area contributed by atoms with Gasteiger partial charge in [0.05, 0.1) is 14.2 Å². The van der Waals surface area contributed by atoms with E-state index in [1.807, 2.05) is 37.3 Å². The van der Waals surface area contributed by atoms with E-state index in [1.54, 1.807) is 20.4 Å². The Kier molecular flexibility index (Phi) is 4.65. The fourth-order valence-corrected chi connectivity index (χ4v) is 1.87. The number of aromatic nitrogens is 1. The first kappa shape index (κ1) is 14.0. The van der Waals surface area contributed by atoms with Crippen molar-refractivity contribution in [2.24, 2.45) is 0 Å². The van der Waals surface area contributed by atoms with Gasteiger partial charge in [-0.3, -0.25) is 0 Å². The molecule has 0 aliphatic heterocycles. The molecule has 5 heteroatoms. The van der Waals surface area contributed by atoms with Gasteiger partial charge in [0.15, 0.2) is 11.5 Å². The van der Waals surface area contributed by atoms with E-state index in [9.17, 15) is 0 Å². The van der Waals surface area contributed by atoms with Gasteiger partial charge in [-0.1, -0.05) is 0 Å². The highest BCUT2D eigenvalue weighted by Gasteiger charge is 2.05. The Morgan fingerprint density at radius 2 is 1.75 bits per heavy atom. The van der Waals surface area contributed by atoms with Crippen LogP contribution in [0, 0.1) is 0 Å². The Morgan fingerprint density at radius 1 is 1.00 bits per heavy atom. The number of ether oxygens (including phenoxy) is 2. The van der Waals surface area contributed by atoms with Gasteiger partial charge in [0.25, 0.3) is 0 Å². The predicted molar refractivity (Wildman–Crippen MR) is 81.2 cm³/mol. The standard InChI is InChI=1S/C15H19N3O2/c1-4-16-15-10-12(7-8-17-15)18-11-5-6-13(19-2)14(9-11)20-3/h5-10H,4H2,1-3H3,(H2,16,17,18). The van der Waals surface area contributed by atoms with Crippen LogP contribution in [0.5, 0.6) is 11.5 Å². The molecular weight excluding hydrogens is 254 g/mol. The van der Waals surface area contributed by atoms with Crippen LogP contribution in [-0.2, 0) is 0 Å². The third-order valence-electron chi connectivity index (χ3n) is 2.79. The largest absolute Gasteiger partial charge is 0.493 e. The summed E-state index contributed by atoms with van der Waals surface area (Å²) in [6, 6.07) is 9.58. The van der Waals surface area contributed by atoms with Gasteiger partial charge < -0.3 is 20.1 Å². The zero-order chi connectivity index (χ0) is 14.4. The molecule has 0 bridgehead atoms. The van der Waals surface area contributed by atoms with Gasteiger partial charge in [-0.2, -0.15) is 0 Å². The lowest BCUT2D eigenvalue weighted by molar-refractivity contribution is 0.355. The van der Waals surface area contributed by atoms with E-state index in [2.05, 4.69) is 15.6 Å². The Bertz CT molecular complexity index is 573. The van der Waals surface area contributed by atoms with Gasteiger partial charge >= 0.3 is 0 Å². The van der Waals surface area contributed by atoms with E-state index in [0.29, 0.717) is 11.5 Å². The highest BCUT2D eigenvalue weighted by Crippen LogP contribution is 2.31. The Labute approximate surface area is 118 Å². The molecule has 2 N–H and O–H groups in total. The third kappa shape index (κ3) is 3.32. The molecule has 0 fully saturated rings. The quantitative estimate of drug-likeness (QED) is 0.846. The highest BCUT2D eigenvalue weighted by molar-refractivity contribution is 5.65. The van der Waals surface area contributed by atoms with Crippen LogP contribution in [0.2, 0.25) is 0 Å². The second-order valence-corrected chi connectivity index (χ2v) is 4.15. The summed E-state index contributed by atoms with van der Waals surface area (Å²) >= 11 is 0. The van der Waals surface area contributed by atoms with Crippen LogP contribution in [0.4, 0.5) is 17.2 Å². The molecule has 0 aliphatic carbocycles. The molecule has 1 aromatic heterocycles. The molecule has 2 rings (SSSR count). The SMILES string of the molecule is CCNc1cc(Nc2ccc(OC)c(OC)c2)ccn1. The maximum Gasteiger partial charge on any atom is 0.162 e. The van der Waals surface area contributed by atoms with E-state index in [0.717, 1.165) is 23.7 Å². The van der Waals surface area contributed by atoms with Gasteiger partial charge in [0, 0.05) is 36.2 Å². The molecule has 0 atom stereocenters. The lowest BCUT2D eigenvalue weighted by Crippen LogP contribution is -2.00. The number of hydrogen-bond donors (Lipinski definition) is 2. The summed E-state index contributed by atoms with van der Waals surface area (Å²) in [5.74, 6) is 2.25. The van der Waals surface area contributed by atoms with Crippen molar-refractivity contribution in [3.8, 4) is 11.5 Å².